The van der Waals surface area contributed by atoms with E-state index in [4.69, 9.17) is 10.8 Å². The molecule has 4 N–H and O–H groups in total. The molecule has 0 radical (unpaired) electrons. The van der Waals surface area contributed by atoms with E-state index in [-0.39, 0.29) is 30.8 Å². The van der Waals surface area contributed by atoms with E-state index in [1.807, 2.05) is 0 Å². The van der Waals surface area contributed by atoms with E-state index in [9.17, 15) is 5.11 Å². The molecule has 0 saturated heterocycles. The van der Waals surface area contributed by atoms with E-state index in [1.165, 1.54) is 0 Å². The number of benzene rings is 1. The van der Waals surface area contributed by atoms with Crippen molar-refractivity contribution in [1.29, 1.82) is 0 Å². The Bertz CT molecular complexity index is 309. The molecule has 0 aromatic heterocycles. The van der Waals surface area contributed by atoms with E-state index < -0.39 is 0 Å². The number of phenols is 1. The molecule has 0 heterocycles. The van der Waals surface area contributed by atoms with Gasteiger partial charge in [0.15, 0.2) is 0 Å². The number of rotatable bonds is 4. The average Bonchev–Trinajstić information content (AvgIpc) is 2.18. The molecule has 0 bridgehead atoms. The first-order valence-electron chi connectivity index (χ1n) is 4.50. The van der Waals surface area contributed by atoms with Crippen molar-refractivity contribution in [2.45, 2.75) is 18.9 Å². The van der Waals surface area contributed by atoms with Crippen molar-refractivity contribution in [1.82, 2.24) is 0 Å². The quantitative estimate of drug-likeness (QED) is 0.799. The number of aromatic hydroxyl groups is 1. The minimum atomic E-state index is -0.149. The number of nitrogens with two attached hydrogens (primary N) is 1. The van der Waals surface area contributed by atoms with Crippen LogP contribution in [0.2, 0.25) is 0 Å². The first kappa shape index (κ1) is 14.7. The molecular weight excluding hydrogens is 281 g/mol. The predicted molar refractivity (Wildman–Crippen MR) is 66.3 cm³/mol. The topological polar surface area (TPSA) is 66.5 Å². The van der Waals surface area contributed by atoms with Crippen molar-refractivity contribution in [3.05, 3.63) is 28.2 Å². The van der Waals surface area contributed by atoms with Gasteiger partial charge < -0.3 is 15.9 Å². The number of aliphatic hydroxyl groups excluding tert-OH is 1. The molecule has 3 nitrogen and oxygen atoms in total. The molecule has 0 amide bonds. The summed E-state index contributed by atoms with van der Waals surface area (Å²) >= 11 is 3.37. The molecule has 15 heavy (non-hydrogen) atoms. The van der Waals surface area contributed by atoms with E-state index >= 15 is 0 Å². The summed E-state index contributed by atoms with van der Waals surface area (Å²) in [4.78, 5) is 0. The third-order valence-electron chi connectivity index (χ3n) is 2.05. The van der Waals surface area contributed by atoms with Gasteiger partial charge >= 0.3 is 0 Å². The highest BCUT2D eigenvalue weighted by molar-refractivity contribution is 9.10. The molecule has 0 aliphatic rings. The second-order valence-electron chi connectivity index (χ2n) is 3.18. The van der Waals surface area contributed by atoms with Gasteiger partial charge in [0.1, 0.15) is 5.75 Å². The molecular formula is C10H15BrClNO2. The van der Waals surface area contributed by atoms with Crippen LogP contribution in [0, 0.1) is 0 Å². The number of halogens is 2. The summed E-state index contributed by atoms with van der Waals surface area (Å²) in [5.74, 6) is 0.211. The molecule has 0 aliphatic heterocycles. The molecule has 0 unspecified atom stereocenters. The summed E-state index contributed by atoms with van der Waals surface area (Å²) in [6, 6.07) is 4.87. The van der Waals surface area contributed by atoms with Gasteiger partial charge in [-0.25, -0.2) is 0 Å². The predicted octanol–water partition coefficient (Wildman–Crippen LogP) is 2.35. The summed E-state index contributed by atoms with van der Waals surface area (Å²) in [6.45, 7) is 0.143. The lowest BCUT2D eigenvalue weighted by atomic mass is 10.0. The van der Waals surface area contributed by atoms with Crippen molar-refractivity contribution in [3.8, 4) is 5.75 Å². The lowest BCUT2D eigenvalue weighted by Crippen LogP contribution is -2.11. The van der Waals surface area contributed by atoms with Crippen molar-refractivity contribution in [3.63, 3.8) is 0 Å². The van der Waals surface area contributed by atoms with Crippen LogP contribution in [-0.2, 0) is 0 Å². The molecule has 1 atom stereocenters. The van der Waals surface area contributed by atoms with Crippen LogP contribution in [0.3, 0.4) is 0 Å². The van der Waals surface area contributed by atoms with Gasteiger partial charge in [0.25, 0.3) is 0 Å². The molecule has 5 heteroatoms. The van der Waals surface area contributed by atoms with Gasteiger partial charge in [-0.1, -0.05) is 15.9 Å². The second kappa shape index (κ2) is 7.06. The maximum atomic E-state index is 9.29. The first-order chi connectivity index (χ1) is 6.65. The van der Waals surface area contributed by atoms with Gasteiger partial charge in [0, 0.05) is 17.1 Å². The Balaban J connectivity index is 0.00000196. The van der Waals surface area contributed by atoms with Gasteiger partial charge in [-0.15, -0.1) is 12.4 Å². The molecule has 0 fully saturated rings. The fourth-order valence-corrected chi connectivity index (χ4v) is 1.82. The largest absolute Gasteiger partial charge is 0.508 e. The fraction of sp³-hybridized carbons (Fsp3) is 0.400. The maximum absolute atomic E-state index is 9.29. The molecule has 1 aromatic rings. The first-order valence-corrected chi connectivity index (χ1v) is 5.29. The fourth-order valence-electron chi connectivity index (χ4n) is 1.28. The van der Waals surface area contributed by atoms with Crippen LogP contribution in [0.4, 0.5) is 0 Å². The van der Waals surface area contributed by atoms with Crippen LogP contribution in [0.25, 0.3) is 0 Å². The smallest absolute Gasteiger partial charge is 0.115 e. The van der Waals surface area contributed by atoms with Gasteiger partial charge in [0.05, 0.1) is 0 Å². The molecule has 1 aromatic carbocycles. The van der Waals surface area contributed by atoms with Crippen LogP contribution in [0.15, 0.2) is 22.7 Å². The van der Waals surface area contributed by atoms with Gasteiger partial charge in [-0.3, -0.25) is 0 Å². The Morgan fingerprint density at radius 1 is 1.40 bits per heavy atom. The van der Waals surface area contributed by atoms with Crippen molar-refractivity contribution >= 4 is 28.3 Å². The van der Waals surface area contributed by atoms with Crippen LogP contribution in [0.1, 0.15) is 24.4 Å². The van der Waals surface area contributed by atoms with Gasteiger partial charge in [-0.2, -0.15) is 0 Å². The third-order valence-corrected chi connectivity index (χ3v) is 2.77. The number of hydrogen-bond acceptors (Lipinski definition) is 3. The molecule has 0 saturated carbocycles. The number of hydrogen-bond donors (Lipinski definition) is 3. The van der Waals surface area contributed by atoms with Crippen LogP contribution in [0.5, 0.6) is 5.75 Å². The van der Waals surface area contributed by atoms with Crippen molar-refractivity contribution in [2.24, 2.45) is 5.73 Å². The monoisotopic (exact) mass is 295 g/mol. The van der Waals surface area contributed by atoms with E-state index in [0.29, 0.717) is 12.8 Å². The average molecular weight is 297 g/mol. The Kier molecular flexibility index (Phi) is 6.92. The zero-order valence-corrected chi connectivity index (χ0v) is 10.6. The van der Waals surface area contributed by atoms with Gasteiger partial charge in [0.2, 0.25) is 0 Å². The minimum Gasteiger partial charge on any atom is -0.508 e. The zero-order valence-electron chi connectivity index (χ0n) is 8.19. The van der Waals surface area contributed by atoms with Crippen LogP contribution >= 0.6 is 28.3 Å². The van der Waals surface area contributed by atoms with E-state index in [2.05, 4.69) is 15.9 Å². The Morgan fingerprint density at radius 2 is 2.07 bits per heavy atom. The molecule has 86 valence electrons. The van der Waals surface area contributed by atoms with E-state index in [1.54, 1.807) is 18.2 Å². The summed E-state index contributed by atoms with van der Waals surface area (Å²) in [7, 11) is 0. The SMILES string of the molecule is Cl.N[C@@H](CCCO)c1cc(O)ccc1Br. The highest BCUT2D eigenvalue weighted by Gasteiger charge is 2.09. The lowest BCUT2D eigenvalue weighted by Gasteiger charge is -2.13. The van der Waals surface area contributed by atoms with Crippen molar-refractivity contribution < 1.29 is 10.2 Å². The Hall–Kier alpha value is -0.290. The standard InChI is InChI=1S/C10H14BrNO2.ClH/c11-9-4-3-7(14)6-8(9)10(12)2-1-5-13;/h3-4,6,10,13-14H,1-2,5,12H2;1H/t10-;/m0./s1. The maximum Gasteiger partial charge on any atom is 0.115 e. The molecule has 0 spiro atoms. The second-order valence-corrected chi connectivity index (χ2v) is 4.03. The summed E-state index contributed by atoms with van der Waals surface area (Å²) < 4.78 is 0.890. The summed E-state index contributed by atoms with van der Waals surface area (Å²) in [5.41, 5.74) is 6.77. The van der Waals surface area contributed by atoms with Crippen LogP contribution < -0.4 is 5.73 Å². The normalized spacial score (nSPS) is 11.9. The summed E-state index contributed by atoms with van der Waals surface area (Å²) in [6.07, 6.45) is 1.38. The third kappa shape index (κ3) is 4.38. The minimum absolute atomic E-state index is 0. The van der Waals surface area contributed by atoms with E-state index in [0.717, 1.165) is 10.0 Å². The van der Waals surface area contributed by atoms with Crippen molar-refractivity contribution in [2.75, 3.05) is 6.61 Å². The Morgan fingerprint density at radius 3 is 2.67 bits per heavy atom. The van der Waals surface area contributed by atoms with Gasteiger partial charge in [-0.05, 0) is 36.6 Å². The number of aliphatic hydroxyl groups is 1. The zero-order chi connectivity index (χ0) is 10.6. The van der Waals surface area contributed by atoms with Crippen LogP contribution in [-0.4, -0.2) is 16.8 Å². The Labute approximate surface area is 104 Å². The molecule has 1 rings (SSSR count). The lowest BCUT2D eigenvalue weighted by molar-refractivity contribution is 0.280. The molecule has 0 aliphatic carbocycles. The summed E-state index contributed by atoms with van der Waals surface area (Å²) in [5, 5.41) is 18.0. The highest BCUT2D eigenvalue weighted by Crippen LogP contribution is 2.28. The number of phenolic OH excluding ortho intramolecular Hbond substituents is 1. The highest BCUT2D eigenvalue weighted by atomic mass is 79.9.